The third kappa shape index (κ3) is 3.20. The van der Waals surface area contributed by atoms with E-state index < -0.39 is 0 Å². The molecule has 2 rings (SSSR count). The Bertz CT molecular complexity index is 495. The van der Waals surface area contributed by atoms with Gasteiger partial charge in [-0.05, 0) is 25.5 Å². The van der Waals surface area contributed by atoms with Gasteiger partial charge in [0.15, 0.2) is 5.65 Å². The molecular formula is C13H20N4O. The fourth-order valence-corrected chi connectivity index (χ4v) is 1.95. The number of H-pyrrole nitrogens is 1. The first-order valence-corrected chi connectivity index (χ1v) is 6.43. The molecule has 0 fully saturated rings. The molecule has 0 amide bonds. The van der Waals surface area contributed by atoms with Gasteiger partial charge in [-0.3, -0.25) is 0 Å². The Morgan fingerprint density at radius 1 is 1.17 bits per heavy atom. The number of imidazole rings is 1. The van der Waals surface area contributed by atoms with Crippen LogP contribution in [0.4, 0.5) is 0 Å². The first-order valence-electron chi connectivity index (χ1n) is 6.43. The van der Waals surface area contributed by atoms with E-state index in [-0.39, 0.29) is 0 Å². The summed E-state index contributed by atoms with van der Waals surface area (Å²) in [5, 5.41) is 0. The Balaban J connectivity index is 1.93. The molecule has 98 valence electrons. The summed E-state index contributed by atoms with van der Waals surface area (Å²) >= 11 is 0. The lowest BCUT2D eigenvalue weighted by molar-refractivity contribution is 0.399. The molecule has 5 nitrogen and oxygen atoms in total. The summed E-state index contributed by atoms with van der Waals surface area (Å²) in [6.07, 6.45) is 5.60. The van der Waals surface area contributed by atoms with Gasteiger partial charge in [-0.25, -0.2) is 4.98 Å². The average molecular weight is 248 g/mol. The number of nitrogens with one attached hydrogen (secondary N) is 1. The van der Waals surface area contributed by atoms with Gasteiger partial charge in [0.2, 0.25) is 5.88 Å². The lowest BCUT2D eigenvalue weighted by atomic mass is 10.1. The maximum Gasteiger partial charge on any atom is 0.215 e. The quantitative estimate of drug-likeness (QED) is 0.735. The largest absolute Gasteiger partial charge is 0.481 e. The molecular weight excluding hydrogens is 228 g/mol. The van der Waals surface area contributed by atoms with Crippen LogP contribution in [0.5, 0.6) is 5.88 Å². The van der Waals surface area contributed by atoms with Crippen molar-refractivity contribution in [3.05, 3.63) is 18.0 Å². The Morgan fingerprint density at radius 3 is 2.78 bits per heavy atom. The topological polar surface area (TPSA) is 76.8 Å². The van der Waals surface area contributed by atoms with Gasteiger partial charge in [-0.2, -0.15) is 4.98 Å². The minimum Gasteiger partial charge on any atom is -0.481 e. The molecule has 5 heteroatoms. The number of rotatable bonds is 7. The lowest BCUT2D eigenvalue weighted by Crippen LogP contribution is -1.98. The van der Waals surface area contributed by atoms with Crippen LogP contribution in [0.1, 0.15) is 31.5 Å². The number of ether oxygens (including phenoxy) is 1. The SMILES string of the molecule is COc1ccc2[nH]c(CCCCCCN)nc2n1. The molecule has 0 saturated heterocycles. The fourth-order valence-electron chi connectivity index (χ4n) is 1.95. The van der Waals surface area contributed by atoms with E-state index in [4.69, 9.17) is 10.5 Å². The van der Waals surface area contributed by atoms with Crippen molar-refractivity contribution in [2.75, 3.05) is 13.7 Å². The van der Waals surface area contributed by atoms with Crippen LogP contribution in [0.25, 0.3) is 11.2 Å². The normalized spacial score (nSPS) is 11.0. The second-order valence-corrected chi connectivity index (χ2v) is 4.36. The predicted octanol–water partition coefficient (Wildman–Crippen LogP) is 2.03. The molecule has 0 aliphatic heterocycles. The highest BCUT2D eigenvalue weighted by Crippen LogP contribution is 2.15. The van der Waals surface area contributed by atoms with Gasteiger partial charge in [-0.1, -0.05) is 12.8 Å². The van der Waals surface area contributed by atoms with Crippen molar-refractivity contribution in [2.24, 2.45) is 5.73 Å². The Hall–Kier alpha value is -1.62. The smallest absolute Gasteiger partial charge is 0.215 e. The van der Waals surface area contributed by atoms with Gasteiger partial charge in [-0.15, -0.1) is 0 Å². The summed E-state index contributed by atoms with van der Waals surface area (Å²) in [4.78, 5) is 12.0. The fraction of sp³-hybridized carbons (Fsp3) is 0.538. The molecule has 0 spiro atoms. The number of methoxy groups -OCH3 is 1. The minimum atomic E-state index is 0.600. The lowest BCUT2D eigenvalue weighted by Gasteiger charge is -1.97. The van der Waals surface area contributed by atoms with E-state index in [1.807, 2.05) is 12.1 Å². The molecule has 0 unspecified atom stereocenters. The monoisotopic (exact) mass is 248 g/mol. The first-order chi connectivity index (χ1) is 8.83. The summed E-state index contributed by atoms with van der Waals surface area (Å²) in [5.74, 6) is 1.60. The molecule has 0 radical (unpaired) electrons. The number of nitrogens with zero attached hydrogens (tertiary/aromatic N) is 2. The molecule has 0 aromatic carbocycles. The van der Waals surface area contributed by atoms with Crippen molar-refractivity contribution in [3.63, 3.8) is 0 Å². The Kier molecular flexibility index (Phi) is 4.52. The van der Waals surface area contributed by atoms with E-state index in [1.165, 1.54) is 12.8 Å². The molecule has 0 aliphatic rings. The van der Waals surface area contributed by atoms with Crippen molar-refractivity contribution in [1.82, 2.24) is 15.0 Å². The van der Waals surface area contributed by atoms with Gasteiger partial charge in [0.05, 0.1) is 12.6 Å². The zero-order valence-electron chi connectivity index (χ0n) is 10.8. The molecule has 0 bridgehead atoms. The van der Waals surface area contributed by atoms with Crippen molar-refractivity contribution < 1.29 is 4.74 Å². The molecule has 0 aliphatic carbocycles. The number of aromatic amines is 1. The summed E-state index contributed by atoms with van der Waals surface area (Å²) in [5.41, 5.74) is 7.16. The van der Waals surface area contributed by atoms with E-state index in [0.717, 1.165) is 42.8 Å². The molecule has 2 heterocycles. The number of unbranched alkanes of at least 4 members (excludes halogenated alkanes) is 3. The predicted molar refractivity (Wildman–Crippen MR) is 71.7 cm³/mol. The van der Waals surface area contributed by atoms with Crippen LogP contribution in [0.15, 0.2) is 12.1 Å². The highest BCUT2D eigenvalue weighted by molar-refractivity contribution is 5.71. The molecule has 0 saturated carbocycles. The number of pyridine rings is 1. The number of aryl methyl sites for hydroxylation is 1. The second kappa shape index (κ2) is 6.35. The Morgan fingerprint density at radius 2 is 2.00 bits per heavy atom. The molecule has 3 N–H and O–H groups in total. The first kappa shape index (κ1) is 12.8. The second-order valence-electron chi connectivity index (χ2n) is 4.36. The van der Waals surface area contributed by atoms with E-state index in [9.17, 15) is 0 Å². The summed E-state index contributed by atoms with van der Waals surface area (Å²) < 4.78 is 5.08. The number of aromatic nitrogens is 3. The van der Waals surface area contributed by atoms with Crippen molar-refractivity contribution in [2.45, 2.75) is 32.1 Å². The zero-order valence-corrected chi connectivity index (χ0v) is 10.8. The van der Waals surface area contributed by atoms with Gasteiger partial charge in [0, 0.05) is 12.5 Å². The van der Waals surface area contributed by atoms with Crippen molar-refractivity contribution in [1.29, 1.82) is 0 Å². The maximum atomic E-state index is 5.46. The third-order valence-electron chi connectivity index (χ3n) is 2.95. The highest BCUT2D eigenvalue weighted by atomic mass is 16.5. The van der Waals surface area contributed by atoms with Crippen LogP contribution in [0, 0.1) is 0 Å². The summed E-state index contributed by atoms with van der Waals surface area (Å²) in [7, 11) is 1.61. The molecule has 2 aromatic heterocycles. The van der Waals surface area contributed by atoms with E-state index in [1.54, 1.807) is 7.11 Å². The third-order valence-corrected chi connectivity index (χ3v) is 2.95. The van der Waals surface area contributed by atoms with Gasteiger partial charge in [0.1, 0.15) is 5.82 Å². The van der Waals surface area contributed by atoms with Crippen molar-refractivity contribution >= 4 is 11.2 Å². The molecule has 18 heavy (non-hydrogen) atoms. The van der Waals surface area contributed by atoms with E-state index >= 15 is 0 Å². The number of hydrogen-bond donors (Lipinski definition) is 2. The maximum absolute atomic E-state index is 5.46. The van der Waals surface area contributed by atoms with Crippen LogP contribution in [0.3, 0.4) is 0 Å². The highest BCUT2D eigenvalue weighted by Gasteiger charge is 2.05. The standard InChI is InChI=1S/C13H20N4O/c1-18-12-8-7-10-13(17-12)16-11(15-10)6-4-2-3-5-9-14/h7-8H,2-6,9,14H2,1H3,(H,15,16,17). The van der Waals surface area contributed by atoms with Gasteiger partial charge in [0.25, 0.3) is 0 Å². The summed E-state index contributed by atoms with van der Waals surface area (Å²) in [6, 6.07) is 3.79. The zero-order chi connectivity index (χ0) is 12.8. The summed E-state index contributed by atoms with van der Waals surface area (Å²) in [6.45, 7) is 0.786. The number of hydrogen-bond acceptors (Lipinski definition) is 4. The number of nitrogens with two attached hydrogens (primary N) is 1. The van der Waals surface area contributed by atoms with Crippen molar-refractivity contribution in [3.8, 4) is 5.88 Å². The average Bonchev–Trinajstić information content (AvgIpc) is 2.80. The van der Waals surface area contributed by atoms with E-state index in [0.29, 0.717) is 5.88 Å². The minimum absolute atomic E-state index is 0.600. The van der Waals surface area contributed by atoms with Gasteiger partial charge < -0.3 is 15.5 Å². The Labute approximate surface area is 107 Å². The molecule has 0 atom stereocenters. The van der Waals surface area contributed by atoms with Gasteiger partial charge >= 0.3 is 0 Å². The van der Waals surface area contributed by atoms with Crippen LogP contribution in [0.2, 0.25) is 0 Å². The molecule has 2 aromatic rings. The van der Waals surface area contributed by atoms with Crippen LogP contribution >= 0.6 is 0 Å². The van der Waals surface area contributed by atoms with Crippen LogP contribution in [-0.4, -0.2) is 28.6 Å². The van der Waals surface area contributed by atoms with Crippen LogP contribution in [-0.2, 0) is 6.42 Å². The van der Waals surface area contributed by atoms with Crippen LogP contribution < -0.4 is 10.5 Å². The number of fused-ring (bicyclic) bond motifs is 1. The van der Waals surface area contributed by atoms with E-state index in [2.05, 4.69) is 15.0 Å².